The fourth-order valence-corrected chi connectivity index (χ4v) is 1.69. The molecule has 1 aromatic carbocycles. The van der Waals surface area contributed by atoms with Crippen molar-refractivity contribution in [1.82, 2.24) is 0 Å². The molecular weight excluding hydrogens is 244 g/mol. The minimum Gasteiger partial charge on any atom is -0.272 e. The van der Waals surface area contributed by atoms with E-state index in [1.54, 1.807) is 30.3 Å². The molecule has 0 aromatic heterocycles. The van der Waals surface area contributed by atoms with Crippen LogP contribution in [0.1, 0.15) is 5.56 Å². The fraction of sp³-hybridized carbons (Fsp3) is 0.143. The van der Waals surface area contributed by atoms with Crippen LogP contribution in [0.25, 0.3) is 0 Å². The molecule has 0 heterocycles. The molecule has 0 radical (unpaired) electrons. The van der Waals surface area contributed by atoms with E-state index in [-0.39, 0.29) is 0 Å². The summed E-state index contributed by atoms with van der Waals surface area (Å²) in [6, 6.07) is 8.09. The highest BCUT2D eigenvalue weighted by Gasteiger charge is 2.28. The van der Waals surface area contributed by atoms with Crippen LogP contribution >= 0.6 is 0 Å². The van der Waals surface area contributed by atoms with E-state index in [0.717, 1.165) is 0 Å². The molecule has 0 bridgehead atoms. The molecule has 0 fully saturated rings. The lowest BCUT2D eigenvalue weighted by Gasteiger charge is -2.01. The second-order valence-electron chi connectivity index (χ2n) is 2.58. The number of hydrogen-bond acceptors (Lipinski definition) is 5. The Bertz CT molecular complexity index is 516. The van der Waals surface area contributed by atoms with Crippen molar-refractivity contribution in [2.75, 3.05) is 0 Å². The monoisotopic (exact) mass is 252 g/mol. The van der Waals surface area contributed by atoms with Crippen molar-refractivity contribution in [3.05, 3.63) is 35.9 Å². The first kappa shape index (κ1) is 12.1. The van der Waals surface area contributed by atoms with Crippen molar-refractivity contribution in [2.45, 2.75) is 6.61 Å². The molecule has 0 unspecified atom stereocenters. The van der Waals surface area contributed by atoms with Crippen LogP contribution in [-0.2, 0) is 29.1 Å². The molecular formula is C7H8O6S2. The molecule has 0 aliphatic carbocycles. The normalized spacial score (nSPS) is 12.6. The second-order valence-corrected chi connectivity index (χ2v) is 6.98. The van der Waals surface area contributed by atoms with Crippen LogP contribution in [0.3, 0.4) is 0 Å². The maximum absolute atomic E-state index is 10.8. The Labute approximate surface area is 86.8 Å². The summed E-state index contributed by atoms with van der Waals surface area (Å²) in [6.07, 6.45) is 0. The summed E-state index contributed by atoms with van der Waals surface area (Å²) in [5, 5.41) is 0. The molecule has 1 rings (SSSR count). The van der Waals surface area contributed by atoms with Gasteiger partial charge in [0, 0.05) is 0 Å². The third-order valence-corrected chi connectivity index (χ3v) is 4.23. The minimum absolute atomic E-state index is 0.442. The van der Waals surface area contributed by atoms with Crippen molar-refractivity contribution in [2.24, 2.45) is 0 Å². The van der Waals surface area contributed by atoms with Gasteiger partial charge in [-0.1, -0.05) is 30.3 Å². The average molecular weight is 252 g/mol. The predicted molar refractivity (Wildman–Crippen MR) is 51.7 cm³/mol. The third-order valence-electron chi connectivity index (χ3n) is 1.47. The summed E-state index contributed by atoms with van der Waals surface area (Å²) in [6.45, 7) is -0.442. The highest BCUT2D eigenvalue weighted by molar-refractivity contribution is 8.63. The van der Waals surface area contributed by atoms with Gasteiger partial charge in [-0.05, 0) is 5.56 Å². The zero-order valence-corrected chi connectivity index (χ0v) is 9.03. The molecule has 0 saturated heterocycles. The van der Waals surface area contributed by atoms with Crippen molar-refractivity contribution in [3.63, 3.8) is 0 Å². The smallest absolute Gasteiger partial charge is 0.272 e. The van der Waals surface area contributed by atoms with Gasteiger partial charge in [0.2, 0.25) is 0 Å². The van der Waals surface area contributed by atoms with Crippen LogP contribution in [-0.4, -0.2) is 21.4 Å². The van der Waals surface area contributed by atoms with E-state index in [4.69, 9.17) is 4.55 Å². The Hall–Kier alpha value is -0.960. The first-order valence-corrected chi connectivity index (χ1v) is 7.10. The van der Waals surface area contributed by atoms with Crippen LogP contribution in [0.2, 0.25) is 0 Å². The topological polar surface area (TPSA) is 97.7 Å². The van der Waals surface area contributed by atoms with Crippen LogP contribution in [0.5, 0.6) is 0 Å². The van der Waals surface area contributed by atoms with E-state index >= 15 is 0 Å². The molecule has 0 saturated carbocycles. The number of rotatable bonds is 4. The first-order valence-electron chi connectivity index (χ1n) is 3.74. The second kappa shape index (κ2) is 4.27. The summed E-state index contributed by atoms with van der Waals surface area (Å²) >= 11 is 0. The van der Waals surface area contributed by atoms with Crippen LogP contribution in [0.15, 0.2) is 30.3 Å². The Kier molecular flexibility index (Phi) is 3.45. The Morgan fingerprint density at radius 3 is 2.07 bits per heavy atom. The summed E-state index contributed by atoms with van der Waals surface area (Å²) in [5.74, 6) is 0. The third kappa shape index (κ3) is 3.27. The van der Waals surface area contributed by atoms with Gasteiger partial charge in [0.1, 0.15) is 0 Å². The zero-order chi connectivity index (χ0) is 11.5. The van der Waals surface area contributed by atoms with E-state index < -0.39 is 24.9 Å². The summed E-state index contributed by atoms with van der Waals surface area (Å²) in [7, 11) is -10.2. The molecule has 8 heteroatoms. The van der Waals surface area contributed by atoms with Crippen LogP contribution < -0.4 is 0 Å². The van der Waals surface area contributed by atoms with Crippen molar-refractivity contribution in [1.29, 1.82) is 0 Å². The maximum Gasteiger partial charge on any atom is 0.400 e. The number of hydrogen-bond donors (Lipinski definition) is 1. The van der Waals surface area contributed by atoms with E-state index in [0.29, 0.717) is 5.56 Å². The van der Waals surface area contributed by atoms with Gasteiger partial charge in [-0.2, -0.15) is 16.8 Å². The molecule has 1 N–H and O–H groups in total. The minimum atomic E-state index is -5.22. The highest BCUT2D eigenvalue weighted by Crippen LogP contribution is 2.08. The van der Waals surface area contributed by atoms with Crippen LogP contribution in [0, 0.1) is 0 Å². The van der Waals surface area contributed by atoms with Gasteiger partial charge in [-0.25, -0.2) is 0 Å². The van der Waals surface area contributed by atoms with Gasteiger partial charge in [0.15, 0.2) is 0 Å². The quantitative estimate of drug-likeness (QED) is 0.612. The van der Waals surface area contributed by atoms with Crippen LogP contribution in [0.4, 0.5) is 0 Å². The highest BCUT2D eigenvalue weighted by atomic mass is 33.2. The molecule has 1 aromatic rings. The van der Waals surface area contributed by atoms with Gasteiger partial charge in [-0.15, -0.1) is 0 Å². The first-order chi connectivity index (χ1) is 6.83. The SMILES string of the molecule is O=S(=O)(O)S(=O)(=O)OCc1ccccc1. The lowest BCUT2D eigenvalue weighted by atomic mass is 10.2. The van der Waals surface area contributed by atoms with E-state index in [2.05, 4.69) is 4.18 Å². The van der Waals surface area contributed by atoms with Crippen molar-refractivity contribution < 1.29 is 25.6 Å². The maximum atomic E-state index is 10.8. The zero-order valence-electron chi connectivity index (χ0n) is 7.40. The largest absolute Gasteiger partial charge is 0.400 e. The molecule has 0 spiro atoms. The molecule has 0 aliphatic heterocycles. The molecule has 6 nitrogen and oxygen atoms in total. The fourth-order valence-electron chi connectivity index (χ4n) is 0.775. The summed E-state index contributed by atoms with van der Waals surface area (Å²) in [5.41, 5.74) is 0.477. The van der Waals surface area contributed by atoms with Gasteiger partial charge in [-0.3, -0.25) is 8.74 Å². The standard InChI is InChI=1S/C7H8O6S2/c8-14(9,10)15(11,12)13-6-7-4-2-1-3-5-7/h1-5H,6H2,(H,8,9,10). The number of benzene rings is 1. The van der Waals surface area contributed by atoms with Gasteiger partial charge in [0.05, 0.1) is 6.61 Å². The van der Waals surface area contributed by atoms with E-state index in [1.165, 1.54) is 0 Å². The Morgan fingerprint density at radius 1 is 1.07 bits per heavy atom. The molecule has 15 heavy (non-hydrogen) atoms. The average Bonchev–Trinajstić information content (AvgIpc) is 2.15. The lowest BCUT2D eigenvalue weighted by Crippen LogP contribution is -2.17. The van der Waals surface area contributed by atoms with E-state index in [1.807, 2.05) is 0 Å². The van der Waals surface area contributed by atoms with Crippen molar-refractivity contribution in [3.8, 4) is 0 Å². The van der Waals surface area contributed by atoms with Gasteiger partial charge < -0.3 is 0 Å². The Morgan fingerprint density at radius 2 is 1.60 bits per heavy atom. The predicted octanol–water partition coefficient (Wildman–Crippen LogP) is 0.336. The van der Waals surface area contributed by atoms with E-state index in [9.17, 15) is 16.8 Å². The summed E-state index contributed by atoms with van der Waals surface area (Å²) < 4.78 is 54.6. The molecule has 0 amide bonds. The molecule has 0 aliphatic rings. The van der Waals surface area contributed by atoms with Gasteiger partial charge in [0.25, 0.3) is 0 Å². The molecule has 84 valence electrons. The van der Waals surface area contributed by atoms with Gasteiger partial charge >= 0.3 is 18.3 Å². The Balaban J connectivity index is 2.76. The van der Waals surface area contributed by atoms with Crippen molar-refractivity contribution >= 4 is 18.3 Å². The lowest BCUT2D eigenvalue weighted by molar-refractivity contribution is 0.313. The summed E-state index contributed by atoms with van der Waals surface area (Å²) in [4.78, 5) is 0. The molecule has 0 atom stereocenters.